The number of nitrogens with zero attached hydrogens (tertiary/aromatic N) is 1. The summed E-state index contributed by atoms with van der Waals surface area (Å²) in [6.07, 6.45) is 2.06. The van der Waals surface area contributed by atoms with Gasteiger partial charge in [0.15, 0.2) is 6.54 Å². The molecule has 2 aromatic heterocycles. The Hall–Kier alpha value is -1.95. The largest absolute Gasteiger partial charge is 0.333 e. The molecule has 2 aliphatic heterocycles. The van der Waals surface area contributed by atoms with Crippen molar-refractivity contribution in [2.75, 3.05) is 19.6 Å². The summed E-state index contributed by atoms with van der Waals surface area (Å²) in [5.74, 6) is 0.291. The van der Waals surface area contributed by atoms with Gasteiger partial charge in [-0.2, -0.15) is 0 Å². The lowest BCUT2D eigenvalue weighted by Gasteiger charge is -2.34. The zero-order valence-electron chi connectivity index (χ0n) is 15.2. The Morgan fingerprint density at radius 3 is 2.78 bits per heavy atom. The second-order valence-corrected chi connectivity index (χ2v) is 9.40. The number of hydrogen-bond donors (Lipinski definition) is 1. The standard InChI is InChI=1S/C22H22N2OS2/c25-21(23-10-7-16-4-1-2-5-17(16)14-23)15-24-11-8-19-18(9-13-27-19)22(24)20-6-3-12-26-20/h1-6,9,12-13,22H,7-8,10-11,14-15H2/p+1/t22-/m0/s1. The Balaban J connectivity index is 1.36. The van der Waals surface area contributed by atoms with Gasteiger partial charge in [0.25, 0.3) is 5.91 Å². The summed E-state index contributed by atoms with van der Waals surface area (Å²) in [5, 5.41) is 4.36. The number of carbonyl (C=O) groups excluding carboxylic acids is 1. The summed E-state index contributed by atoms with van der Waals surface area (Å²) in [4.78, 5) is 19.5. The van der Waals surface area contributed by atoms with Crippen LogP contribution in [0.3, 0.4) is 0 Å². The number of rotatable bonds is 3. The lowest BCUT2D eigenvalue weighted by Crippen LogP contribution is -3.14. The Morgan fingerprint density at radius 1 is 1.04 bits per heavy atom. The smallest absolute Gasteiger partial charge is 0.278 e. The van der Waals surface area contributed by atoms with Crippen LogP contribution in [0.4, 0.5) is 0 Å². The molecule has 1 aromatic carbocycles. The number of thiophene rings is 2. The summed E-state index contributed by atoms with van der Waals surface area (Å²) in [6, 6.07) is 15.5. The molecule has 0 bridgehead atoms. The molecule has 1 amide bonds. The van der Waals surface area contributed by atoms with E-state index >= 15 is 0 Å². The van der Waals surface area contributed by atoms with E-state index < -0.39 is 0 Å². The molecule has 2 atom stereocenters. The molecule has 1 N–H and O–H groups in total. The number of fused-ring (bicyclic) bond motifs is 2. The molecule has 2 aliphatic rings. The van der Waals surface area contributed by atoms with Gasteiger partial charge in [0.1, 0.15) is 6.04 Å². The van der Waals surface area contributed by atoms with Gasteiger partial charge in [-0.1, -0.05) is 30.3 Å². The van der Waals surface area contributed by atoms with Crippen molar-refractivity contribution in [2.45, 2.75) is 25.4 Å². The molecule has 0 fully saturated rings. The molecule has 4 heterocycles. The fourth-order valence-electron chi connectivity index (χ4n) is 4.46. The minimum atomic E-state index is 0.291. The predicted molar refractivity (Wildman–Crippen MR) is 110 cm³/mol. The van der Waals surface area contributed by atoms with Crippen molar-refractivity contribution < 1.29 is 9.69 Å². The summed E-state index contributed by atoms with van der Waals surface area (Å²) >= 11 is 3.68. The van der Waals surface area contributed by atoms with Crippen LogP contribution >= 0.6 is 22.7 Å². The summed E-state index contributed by atoms with van der Waals surface area (Å²) in [7, 11) is 0. The molecule has 0 spiro atoms. The molecule has 1 unspecified atom stereocenters. The highest BCUT2D eigenvalue weighted by Crippen LogP contribution is 2.31. The average Bonchev–Trinajstić information content (AvgIpc) is 3.39. The van der Waals surface area contributed by atoms with E-state index in [9.17, 15) is 4.79 Å². The topological polar surface area (TPSA) is 24.8 Å². The third kappa shape index (κ3) is 3.24. The zero-order valence-corrected chi connectivity index (χ0v) is 16.8. The maximum absolute atomic E-state index is 13.2. The number of nitrogens with one attached hydrogen (secondary N) is 1. The third-order valence-electron chi connectivity index (χ3n) is 5.86. The molecule has 5 rings (SSSR count). The summed E-state index contributed by atoms with van der Waals surface area (Å²) < 4.78 is 0. The summed E-state index contributed by atoms with van der Waals surface area (Å²) in [5.41, 5.74) is 4.13. The molecular formula is C22H23N2OS2+. The second kappa shape index (κ2) is 7.23. The van der Waals surface area contributed by atoms with Gasteiger partial charge < -0.3 is 9.80 Å². The lowest BCUT2D eigenvalue weighted by atomic mass is 9.98. The zero-order chi connectivity index (χ0) is 18.2. The van der Waals surface area contributed by atoms with E-state index in [-0.39, 0.29) is 0 Å². The highest BCUT2D eigenvalue weighted by molar-refractivity contribution is 7.10. The number of amides is 1. The predicted octanol–water partition coefficient (Wildman–Crippen LogP) is 2.92. The van der Waals surface area contributed by atoms with Crippen LogP contribution in [0.2, 0.25) is 0 Å². The first-order valence-corrected chi connectivity index (χ1v) is 11.3. The van der Waals surface area contributed by atoms with Gasteiger partial charge in [-0.15, -0.1) is 22.7 Å². The van der Waals surface area contributed by atoms with Gasteiger partial charge in [0.05, 0.1) is 11.4 Å². The minimum Gasteiger partial charge on any atom is -0.333 e. The van der Waals surface area contributed by atoms with Gasteiger partial charge in [0, 0.05) is 30.0 Å². The van der Waals surface area contributed by atoms with Crippen LogP contribution in [-0.2, 0) is 24.2 Å². The Morgan fingerprint density at radius 2 is 1.93 bits per heavy atom. The SMILES string of the molecule is O=C(C[NH+]1CCc2sccc2[C@H]1c1cccs1)N1CCc2ccccc2C1. The first-order valence-electron chi connectivity index (χ1n) is 9.58. The monoisotopic (exact) mass is 395 g/mol. The first kappa shape index (κ1) is 17.2. The average molecular weight is 396 g/mol. The maximum Gasteiger partial charge on any atom is 0.278 e. The van der Waals surface area contributed by atoms with E-state index in [0.717, 1.165) is 32.5 Å². The van der Waals surface area contributed by atoms with Gasteiger partial charge in [-0.3, -0.25) is 4.79 Å². The van der Waals surface area contributed by atoms with Crippen LogP contribution in [0.1, 0.15) is 32.5 Å². The van der Waals surface area contributed by atoms with E-state index in [1.807, 2.05) is 22.7 Å². The summed E-state index contributed by atoms with van der Waals surface area (Å²) in [6.45, 7) is 3.22. The number of quaternary nitrogens is 1. The molecule has 0 saturated heterocycles. The molecule has 3 nitrogen and oxygen atoms in total. The Bertz CT molecular complexity index is 947. The van der Waals surface area contributed by atoms with Gasteiger partial charge in [-0.25, -0.2) is 0 Å². The van der Waals surface area contributed by atoms with Gasteiger partial charge in [-0.05, 0) is 40.4 Å². The lowest BCUT2D eigenvalue weighted by molar-refractivity contribution is -0.919. The van der Waals surface area contributed by atoms with Crippen molar-refractivity contribution in [2.24, 2.45) is 0 Å². The fraction of sp³-hybridized carbons (Fsp3) is 0.318. The third-order valence-corrected chi connectivity index (χ3v) is 7.80. The number of carbonyl (C=O) groups is 1. The van der Waals surface area contributed by atoms with Gasteiger partial charge in [0.2, 0.25) is 0 Å². The quantitative estimate of drug-likeness (QED) is 0.725. The van der Waals surface area contributed by atoms with E-state index in [1.54, 1.807) is 0 Å². The van der Waals surface area contributed by atoms with Crippen molar-refractivity contribution in [3.63, 3.8) is 0 Å². The molecule has 0 aliphatic carbocycles. The van der Waals surface area contributed by atoms with Crippen molar-refractivity contribution in [1.29, 1.82) is 0 Å². The van der Waals surface area contributed by atoms with Gasteiger partial charge >= 0.3 is 0 Å². The van der Waals surface area contributed by atoms with E-state index in [2.05, 4.69) is 58.1 Å². The fourth-order valence-corrected chi connectivity index (χ4v) is 6.29. The van der Waals surface area contributed by atoms with Crippen LogP contribution in [0, 0.1) is 0 Å². The maximum atomic E-state index is 13.2. The Kier molecular flexibility index (Phi) is 4.60. The highest BCUT2D eigenvalue weighted by atomic mass is 32.1. The molecule has 5 heteroatoms. The second-order valence-electron chi connectivity index (χ2n) is 7.42. The van der Waals surface area contributed by atoms with Crippen molar-refractivity contribution in [3.05, 3.63) is 79.7 Å². The van der Waals surface area contributed by atoms with E-state index in [1.165, 1.54) is 31.3 Å². The molecule has 138 valence electrons. The van der Waals surface area contributed by atoms with Crippen LogP contribution in [0.15, 0.2) is 53.2 Å². The van der Waals surface area contributed by atoms with Crippen molar-refractivity contribution in [1.82, 2.24) is 4.90 Å². The van der Waals surface area contributed by atoms with Crippen LogP contribution in [0.5, 0.6) is 0 Å². The number of hydrogen-bond acceptors (Lipinski definition) is 3. The normalized spacial score (nSPS) is 21.6. The molecule has 0 radical (unpaired) electrons. The van der Waals surface area contributed by atoms with Crippen molar-refractivity contribution in [3.8, 4) is 0 Å². The van der Waals surface area contributed by atoms with E-state index in [0.29, 0.717) is 18.5 Å². The molecule has 27 heavy (non-hydrogen) atoms. The van der Waals surface area contributed by atoms with E-state index in [4.69, 9.17) is 0 Å². The van der Waals surface area contributed by atoms with Crippen LogP contribution in [0.25, 0.3) is 0 Å². The first-order chi connectivity index (χ1) is 13.3. The minimum absolute atomic E-state index is 0.291. The molecule has 3 aromatic rings. The highest BCUT2D eigenvalue weighted by Gasteiger charge is 2.36. The number of benzene rings is 1. The van der Waals surface area contributed by atoms with Crippen molar-refractivity contribution >= 4 is 28.6 Å². The van der Waals surface area contributed by atoms with Crippen LogP contribution < -0.4 is 4.90 Å². The molecular weight excluding hydrogens is 372 g/mol. The molecule has 0 saturated carbocycles. The van der Waals surface area contributed by atoms with Crippen LogP contribution in [-0.4, -0.2) is 30.4 Å². The Labute approximate surface area is 167 Å².